The first-order chi connectivity index (χ1) is 7.68. The lowest BCUT2D eigenvalue weighted by atomic mass is 9.96. The standard InChI is InChI=1S/C13H23N3.2ClH/c1-10(2)16-11(3)8-15-13(16)7-12-5-4-6-14-9-12;;/h8,10,12,14H,4-7,9H2,1-3H3;2*1H. The second-order valence-corrected chi connectivity index (χ2v) is 5.20. The SMILES string of the molecule is Cc1cnc(CC2CCCNC2)n1C(C)C.Cl.Cl. The zero-order valence-electron chi connectivity index (χ0n) is 11.5. The van der Waals surface area contributed by atoms with Gasteiger partial charge >= 0.3 is 0 Å². The molecule has 1 aromatic rings. The van der Waals surface area contributed by atoms with Gasteiger partial charge in [-0.2, -0.15) is 0 Å². The van der Waals surface area contributed by atoms with Crippen LogP contribution in [0.4, 0.5) is 0 Å². The average molecular weight is 294 g/mol. The summed E-state index contributed by atoms with van der Waals surface area (Å²) in [6, 6.07) is 0.522. The van der Waals surface area contributed by atoms with Crippen LogP contribution in [0.25, 0.3) is 0 Å². The van der Waals surface area contributed by atoms with Crippen molar-refractivity contribution in [2.45, 2.75) is 46.1 Å². The molecule has 2 heterocycles. The molecule has 0 aliphatic carbocycles. The number of aromatic nitrogens is 2. The highest BCUT2D eigenvalue weighted by Gasteiger charge is 2.17. The van der Waals surface area contributed by atoms with E-state index in [1.54, 1.807) is 0 Å². The first kappa shape index (κ1) is 17.8. The van der Waals surface area contributed by atoms with Gasteiger partial charge in [0.05, 0.1) is 0 Å². The van der Waals surface area contributed by atoms with Crippen LogP contribution < -0.4 is 5.32 Å². The summed E-state index contributed by atoms with van der Waals surface area (Å²) in [6.07, 6.45) is 5.79. The number of piperidine rings is 1. The van der Waals surface area contributed by atoms with Crippen LogP contribution in [-0.4, -0.2) is 22.6 Å². The van der Waals surface area contributed by atoms with E-state index in [9.17, 15) is 0 Å². The maximum Gasteiger partial charge on any atom is 0.109 e. The van der Waals surface area contributed by atoms with E-state index in [1.807, 2.05) is 6.20 Å². The summed E-state index contributed by atoms with van der Waals surface area (Å²) in [4.78, 5) is 4.57. The molecule has 1 saturated heterocycles. The van der Waals surface area contributed by atoms with Gasteiger partial charge in [0.15, 0.2) is 0 Å². The van der Waals surface area contributed by atoms with E-state index in [-0.39, 0.29) is 24.8 Å². The van der Waals surface area contributed by atoms with Crippen molar-refractivity contribution in [1.82, 2.24) is 14.9 Å². The minimum absolute atomic E-state index is 0. The Balaban J connectivity index is 0.00000144. The Morgan fingerprint density at radius 2 is 2.17 bits per heavy atom. The van der Waals surface area contributed by atoms with Crippen molar-refractivity contribution in [1.29, 1.82) is 0 Å². The van der Waals surface area contributed by atoms with E-state index in [0.29, 0.717) is 6.04 Å². The fourth-order valence-electron chi connectivity index (χ4n) is 2.71. The van der Waals surface area contributed by atoms with Crippen molar-refractivity contribution in [2.75, 3.05) is 13.1 Å². The third-order valence-corrected chi connectivity index (χ3v) is 3.45. The number of aryl methyl sites for hydroxylation is 1. The third-order valence-electron chi connectivity index (χ3n) is 3.45. The van der Waals surface area contributed by atoms with E-state index in [0.717, 1.165) is 18.9 Å². The van der Waals surface area contributed by atoms with Crippen molar-refractivity contribution in [3.8, 4) is 0 Å². The molecule has 5 heteroatoms. The number of rotatable bonds is 3. The molecule has 0 radical (unpaired) electrons. The summed E-state index contributed by atoms with van der Waals surface area (Å²) in [5.41, 5.74) is 1.29. The lowest BCUT2D eigenvalue weighted by Gasteiger charge is -2.23. The zero-order valence-corrected chi connectivity index (χ0v) is 13.1. The van der Waals surface area contributed by atoms with Gasteiger partial charge < -0.3 is 9.88 Å². The predicted molar refractivity (Wildman–Crippen MR) is 81.1 cm³/mol. The highest BCUT2D eigenvalue weighted by atomic mass is 35.5. The van der Waals surface area contributed by atoms with Gasteiger partial charge in [-0.1, -0.05) is 0 Å². The summed E-state index contributed by atoms with van der Waals surface area (Å²) in [5.74, 6) is 2.04. The fourth-order valence-corrected chi connectivity index (χ4v) is 2.71. The molecule has 3 nitrogen and oxygen atoms in total. The van der Waals surface area contributed by atoms with Crippen molar-refractivity contribution in [2.24, 2.45) is 5.92 Å². The van der Waals surface area contributed by atoms with Crippen molar-refractivity contribution >= 4 is 24.8 Å². The van der Waals surface area contributed by atoms with Crippen LogP contribution in [0.3, 0.4) is 0 Å². The van der Waals surface area contributed by atoms with E-state index in [2.05, 4.69) is 35.6 Å². The molecule has 0 saturated carbocycles. The van der Waals surface area contributed by atoms with Gasteiger partial charge in [-0.3, -0.25) is 0 Å². The molecule has 0 spiro atoms. The van der Waals surface area contributed by atoms with Gasteiger partial charge in [-0.25, -0.2) is 4.98 Å². The van der Waals surface area contributed by atoms with E-state index < -0.39 is 0 Å². The normalized spacial score (nSPS) is 19.2. The Kier molecular flexibility index (Phi) is 7.92. The predicted octanol–water partition coefficient (Wildman–Crippen LogP) is 3.16. The minimum atomic E-state index is 0. The smallest absolute Gasteiger partial charge is 0.109 e. The molecule has 106 valence electrons. The summed E-state index contributed by atoms with van der Waals surface area (Å²) in [6.45, 7) is 8.96. The van der Waals surface area contributed by atoms with Gasteiger partial charge in [0.25, 0.3) is 0 Å². The van der Waals surface area contributed by atoms with E-state index >= 15 is 0 Å². The molecule has 0 bridgehead atoms. The summed E-state index contributed by atoms with van der Waals surface area (Å²) < 4.78 is 2.37. The molecule has 1 fully saturated rings. The van der Waals surface area contributed by atoms with Crippen molar-refractivity contribution < 1.29 is 0 Å². The van der Waals surface area contributed by atoms with Crippen LogP contribution in [0.2, 0.25) is 0 Å². The summed E-state index contributed by atoms with van der Waals surface area (Å²) in [5, 5.41) is 3.47. The first-order valence-corrected chi connectivity index (χ1v) is 6.42. The molecular formula is C13H25Cl2N3. The molecule has 1 aliphatic rings. The number of imidazole rings is 1. The molecule has 0 amide bonds. The van der Waals surface area contributed by atoms with E-state index in [4.69, 9.17) is 0 Å². The highest BCUT2D eigenvalue weighted by molar-refractivity contribution is 5.85. The Hall–Kier alpha value is -0.250. The number of halogens is 2. The van der Waals surface area contributed by atoms with Crippen LogP contribution in [0.1, 0.15) is 44.2 Å². The largest absolute Gasteiger partial charge is 0.330 e. The maximum absolute atomic E-state index is 4.57. The van der Waals surface area contributed by atoms with Crippen molar-refractivity contribution in [3.05, 3.63) is 17.7 Å². The molecule has 1 N–H and O–H groups in total. The lowest BCUT2D eigenvalue weighted by Crippen LogP contribution is -2.31. The van der Waals surface area contributed by atoms with Crippen LogP contribution in [0.5, 0.6) is 0 Å². The molecule has 0 aromatic carbocycles. The molecular weight excluding hydrogens is 269 g/mol. The number of hydrogen-bond acceptors (Lipinski definition) is 2. The average Bonchev–Trinajstić information content (AvgIpc) is 2.61. The Labute approximate surface area is 123 Å². The minimum Gasteiger partial charge on any atom is -0.330 e. The first-order valence-electron chi connectivity index (χ1n) is 6.42. The number of nitrogens with one attached hydrogen (secondary N) is 1. The third kappa shape index (κ3) is 4.15. The Bertz CT molecular complexity index is 344. The zero-order chi connectivity index (χ0) is 11.5. The molecule has 18 heavy (non-hydrogen) atoms. The fraction of sp³-hybridized carbons (Fsp3) is 0.769. The second kappa shape index (κ2) is 8.03. The van der Waals surface area contributed by atoms with Crippen LogP contribution in [0.15, 0.2) is 6.20 Å². The molecule has 1 atom stereocenters. The van der Waals surface area contributed by atoms with Gasteiger partial charge in [0.2, 0.25) is 0 Å². The molecule has 2 rings (SSSR count). The molecule has 1 unspecified atom stereocenters. The Morgan fingerprint density at radius 3 is 2.72 bits per heavy atom. The van der Waals surface area contributed by atoms with Crippen LogP contribution in [0, 0.1) is 12.8 Å². The monoisotopic (exact) mass is 293 g/mol. The number of nitrogens with zero attached hydrogens (tertiary/aromatic N) is 2. The van der Waals surface area contributed by atoms with E-state index in [1.165, 1.54) is 30.9 Å². The topological polar surface area (TPSA) is 29.9 Å². The van der Waals surface area contributed by atoms with Gasteiger partial charge in [-0.15, -0.1) is 24.8 Å². The molecule has 1 aliphatic heterocycles. The van der Waals surface area contributed by atoms with Crippen molar-refractivity contribution in [3.63, 3.8) is 0 Å². The van der Waals surface area contributed by atoms with Crippen LogP contribution >= 0.6 is 24.8 Å². The van der Waals surface area contributed by atoms with Crippen LogP contribution in [-0.2, 0) is 6.42 Å². The molecule has 1 aromatic heterocycles. The Morgan fingerprint density at radius 1 is 1.44 bits per heavy atom. The highest BCUT2D eigenvalue weighted by Crippen LogP contribution is 2.19. The summed E-state index contributed by atoms with van der Waals surface area (Å²) >= 11 is 0. The van der Waals surface area contributed by atoms with Gasteiger partial charge in [0.1, 0.15) is 5.82 Å². The number of hydrogen-bond donors (Lipinski definition) is 1. The lowest BCUT2D eigenvalue weighted by molar-refractivity contribution is 0.363. The second-order valence-electron chi connectivity index (χ2n) is 5.20. The maximum atomic E-state index is 4.57. The summed E-state index contributed by atoms with van der Waals surface area (Å²) in [7, 11) is 0. The quantitative estimate of drug-likeness (QED) is 0.928. The van der Waals surface area contributed by atoms with Gasteiger partial charge in [-0.05, 0) is 52.6 Å². The van der Waals surface area contributed by atoms with Gasteiger partial charge in [0, 0.05) is 24.4 Å².